The molecule has 80 valence electrons. The minimum atomic E-state index is -0.703. The van der Waals surface area contributed by atoms with Gasteiger partial charge in [0.05, 0.1) is 5.02 Å². The minimum Gasteiger partial charge on any atom is -0.292 e. The maximum absolute atomic E-state index is 12.2. The van der Waals surface area contributed by atoms with Crippen LogP contribution in [0.15, 0.2) is 24.3 Å². The first-order valence-electron chi connectivity index (χ1n) is 5.12. The van der Waals surface area contributed by atoms with E-state index in [1.54, 1.807) is 12.1 Å². The van der Waals surface area contributed by atoms with Gasteiger partial charge in [0.25, 0.3) is 0 Å². The largest absolute Gasteiger partial charge is 0.292 e. The lowest BCUT2D eigenvalue weighted by Crippen LogP contribution is -2.29. The smallest absolute Gasteiger partial charge is 0.185 e. The number of rotatable bonds is 2. The summed E-state index contributed by atoms with van der Waals surface area (Å²) >= 11 is 12.3. The van der Waals surface area contributed by atoms with E-state index in [1.807, 2.05) is 12.1 Å². The number of carbonyl (C=O) groups excluding carboxylic acids is 1. The molecule has 0 aliphatic heterocycles. The van der Waals surface area contributed by atoms with Gasteiger partial charge in [0.1, 0.15) is 4.87 Å². The Morgan fingerprint density at radius 2 is 1.80 bits per heavy atom. The zero-order valence-electron chi connectivity index (χ0n) is 8.30. The fourth-order valence-corrected chi connectivity index (χ4v) is 2.64. The first-order valence-corrected chi connectivity index (χ1v) is 5.87. The summed E-state index contributed by atoms with van der Waals surface area (Å²) in [7, 11) is 0. The lowest BCUT2D eigenvalue weighted by atomic mass is 9.95. The van der Waals surface area contributed by atoms with Crippen molar-refractivity contribution in [2.45, 2.75) is 30.6 Å². The first-order chi connectivity index (χ1) is 7.13. The molecule has 0 unspecified atom stereocenters. The average Bonchev–Trinajstić information content (AvgIpc) is 2.66. The molecule has 1 nitrogen and oxygen atoms in total. The Morgan fingerprint density at radius 3 is 2.40 bits per heavy atom. The fraction of sp³-hybridized carbons (Fsp3) is 0.417. The van der Waals surface area contributed by atoms with Crippen LogP contribution in [0.4, 0.5) is 0 Å². The summed E-state index contributed by atoms with van der Waals surface area (Å²) in [5.74, 6) is -0.0210. The highest BCUT2D eigenvalue weighted by Gasteiger charge is 2.39. The monoisotopic (exact) mass is 242 g/mol. The number of hydrogen-bond donors (Lipinski definition) is 0. The van der Waals surface area contributed by atoms with Gasteiger partial charge in [-0.3, -0.25) is 4.79 Å². The molecule has 0 N–H and O–H groups in total. The van der Waals surface area contributed by atoms with Crippen molar-refractivity contribution < 1.29 is 4.79 Å². The van der Waals surface area contributed by atoms with E-state index in [4.69, 9.17) is 23.2 Å². The van der Waals surface area contributed by atoms with E-state index in [2.05, 4.69) is 0 Å². The van der Waals surface area contributed by atoms with E-state index >= 15 is 0 Å². The van der Waals surface area contributed by atoms with Crippen molar-refractivity contribution in [1.29, 1.82) is 0 Å². The molecular weight excluding hydrogens is 231 g/mol. The summed E-state index contributed by atoms with van der Waals surface area (Å²) in [6, 6.07) is 7.10. The quantitative estimate of drug-likeness (QED) is 0.565. The van der Waals surface area contributed by atoms with E-state index in [0.717, 1.165) is 25.7 Å². The summed E-state index contributed by atoms with van der Waals surface area (Å²) in [4.78, 5) is 11.5. The molecule has 0 radical (unpaired) electrons. The van der Waals surface area contributed by atoms with Crippen LogP contribution >= 0.6 is 23.2 Å². The van der Waals surface area contributed by atoms with E-state index < -0.39 is 4.87 Å². The molecule has 1 aliphatic carbocycles. The Labute approximate surface area is 99.4 Å². The van der Waals surface area contributed by atoms with Crippen LogP contribution in [-0.4, -0.2) is 10.7 Å². The van der Waals surface area contributed by atoms with Crippen LogP contribution in [0.2, 0.25) is 5.02 Å². The van der Waals surface area contributed by atoms with Crippen LogP contribution in [0.3, 0.4) is 0 Å². The van der Waals surface area contributed by atoms with Crippen molar-refractivity contribution in [2.24, 2.45) is 0 Å². The molecule has 0 atom stereocenters. The zero-order valence-corrected chi connectivity index (χ0v) is 9.81. The summed E-state index contributed by atoms with van der Waals surface area (Å²) in [6.45, 7) is 0. The Hall–Kier alpha value is -0.530. The summed E-state index contributed by atoms with van der Waals surface area (Å²) in [5.41, 5.74) is 0.552. The summed E-state index contributed by atoms with van der Waals surface area (Å²) in [6.07, 6.45) is 3.58. The van der Waals surface area contributed by atoms with Gasteiger partial charge in [0.15, 0.2) is 5.78 Å². The normalized spacial score (nSPS) is 19.1. The van der Waals surface area contributed by atoms with E-state index in [-0.39, 0.29) is 5.78 Å². The lowest BCUT2D eigenvalue weighted by Gasteiger charge is -2.19. The second kappa shape index (κ2) is 4.15. The Bertz CT molecular complexity index is 381. The summed E-state index contributed by atoms with van der Waals surface area (Å²) in [5, 5.41) is 0.495. The fourth-order valence-electron chi connectivity index (χ4n) is 2.05. The number of Topliss-reactive ketones (excluding diaryl/α,β-unsaturated/α-hetero) is 1. The Balaban J connectivity index is 2.32. The van der Waals surface area contributed by atoms with Gasteiger partial charge in [-0.15, -0.1) is 11.6 Å². The topological polar surface area (TPSA) is 17.1 Å². The average molecular weight is 243 g/mol. The zero-order chi connectivity index (χ0) is 10.9. The maximum Gasteiger partial charge on any atom is 0.185 e. The second-order valence-corrected chi connectivity index (χ2v) is 5.11. The van der Waals surface area contributed by atoms with Crippen molar-refractivity contribution in [3.63, 3.8) is 0 Å². The molecule has 1 aliphatic rings. The third-order valence-electron chi connectivity index (χ3n) is 2.92. The van der Waals surface area contributed by atoms with E-state index in [9.17, 15) is 4.79 Å². The van der Waals surface area contributed by atoms with Crippen LogP contribution in [0.25, 0.3) is 0 Å². The molecule has 0 amide bonds. The second-order valence-electron chi connectivity index (χ2n) is 3.98. The van der Waals surface area contributed by atoms with Gasteiger partial charge in [0.2, 0.25) is 0 Å². The summed E-state index contributed by atoms with van der Waals surface area (Å²) < 4.78 is 0. The predicted octanol–water partition coefficient (Wildman–Crippen LogP) is 4.07. The van der Waals surface area contributed by atoms with Crippen LogP contribution in [0, 0.1) is 0 Å². The molecule has 1 saturated carbocycles. The van der Waals surface area contributed by atoms with Crippen molar-refractivity contribution in [3.05, 3.63) is 34.9 Å². The van der Waals surface area contributed by atoms with Gasteiger partial charge >= 0.3 is 0 Å². The van der Waals surface area contributed by atoms with Crippen LogP contribution in [0.5, 0.6) is 0 Å². The highest BCUT2D eigenvalue weighted by atomic mass is 35.5. The molecule has 1 aromatic rings. The van der Waals surface area contributed by atoms with E-state index in [0.29, 0.717) is 10.6 Å². The van der Waals surface area contributed by atoms with Gasteiger partial charge in [-0.1, -0.05) is 36.6 Å². The number of carbonyl (C=O) groups is 1. The van der Waals surface area contributed by atoms with E-state index in [1.165, 1.54) is 0 Å². The predicted molar refractivity (Wildman–Crippen MR) is 62.8 cm³/mol. The van der Waals surface area contributed by atoms with Crippen LogP contribution in [-0.2, 0) is 0 Å². The highest BCUT2D eigenvalue weighted by Crippen LogP contribution is 2.39. The van der Waals surface area contributed by atoms with Crippen molar-refractivity contribution >= 4 is 29.0 Å². The highest BCUT2D eigenvalue weighted by molar-refractivity contribution is 6.41. The lowest BCUT2D eigenvalue weighted by molar-refractivity contribution is 0.0941. The molecule has 0 spiro atoms. The molecule has 0 heterocycles. The minimum absolute atomic E-state index is 0.0210. The first kappa shape index (κ1) is 11.0. The molecule has 2 rings (SSSR count). The molecule has 0 saturated heterocycles. The number of alkyl halides is 1. The Morgan fingerprint density at radius 1 is 1.20 bits per heavy atom. The van der Waals surface area contributed by atoms with Crippen LogP contribution < -0.4 is 0 Å². The maximum atomic E-state index is 12.2. The third kappa shape index (κ3) is 2.04. The number of benzene rings is 1. The van der Waals surface area contributed by atoms with Gasteiger partial charge in [-0.25, -0.2) is 0 Å². The standard InChI is InChI=1S/C12H12Cl2O/c13-10-6-2-1-5-9(10)11(15)12(14)7-3-4-8-12/h1-2,5-6H,3-4,7-8H2. The molecule has 0 aromatic heterocycles. The molecule has 15 heavy (non-hydrogen) atoms. The number of halogens is 2. The van der Waals surface area contributed by atoms with Crippen molar-refractivity contribution in [2.75, 3.05) is 0 Å². The van der Waals surface area contributed by atoms with Gasteiger partial charge in [-0.05, 0) is 25.0 Å². The molecule has 1 fully saturated rings. The van der Waals surface area contributed by atoms with Crippen LogP contribution in [0.1, 0.15) is 36.0 Å². The molecule has 1 aromatic carbocycles. The molecular formula is C12H12Cl2O. The van der Waals surface area contributed by atoms with Gasteiger partial charge < -0.3 is 0 Å². The van der Waals surface area contributed by atoms with Crippen molar-refractivity contribution in [3.8, 4) is 0 Å². The van der Waals surface area contributed by atoms with Gasteiger partial charge in [0, 0.05) is 5.56 Å². The SMILES string of the molecule is O=C(c1ccccc1Cl)C1(Cl)CCCC1. The molecule has 0 bridgehead atoms. The molecule has 3 heteroatoms. The number of ketones is 1. The third-order valence-corrected chi connectivity index (χ3v) is 3.80. The van der Waals surface area contributed by atoms with Crippen molar-refractivity contribution in [1.82, 2.24) is 0 Å². The Kier molecular flexibility index (Phi) is 3.03. The van der Waals surface area contributed by atoms with Gasteiger partial charge in [-0.2, -0.15) is 0 Å². The number of hydrogen-bond acceptors (Lipinski definition) is 1.